The Morgan fingerprint density at radius 2 is 1.89 bits per heavy atom. The molecule has 0 radical (unpaired) electrons. The summed E-state index contributed by atoms with van der Waals surface area (Å²) in [7, 11) is 0. The van der Waals surface area contributed by atoms with Crippen LogP contribution in [0.15, 0.2) is 36.7 Å². The highest BCUT2D eigenvalue weighted by atomic mass is 19.1. The molecule has 4 rings (SSSR count). The maximum absolute atomic E-state index is 13.4. The first-order chi connectivity index (χ1) is 13.6. The van der Waals surface area contributed by atoms with Gasteiger partial charge in [0.15, 0.2) is 0 Å². The number of piperidine rings is 1. The van der Waals surface area contributed by atoms with Crippen LogP contribution in [0.4, 0.5) is 21.7 Å². The number of benzene rings is 1. The van der Waals surface area contributed by atoms with Gasteiger partial charge in [0.25, 0.3) is 0 Å². The molecule has 28 heavy (non-hydrogen) atoms. The molecule has 0 saturated carbocycles. The molecular formula is C21H28FN5O. The van der Waals surface area contributed by atoms with E-state index in [1.807, 2.05) is 19.1 Å². The first-order valence-corrected chi connectivity index (χ1v) is 10.1. The van der Waals surface area contributed by atoms with Crippen LogP contribution in [-0.4, -0.2) is 53.4 Å². The van der Waals surface area contributed by atoms with Crippen molar-refractivity contribution in [3.8, 4) is 0 Å². The maximum atomic E-state index is 13.4. The average Bonchev–Trinajstić information content (AvgIpc) is 3.20. The van der Waals surface area contributed by atoms with Gasteiger partial charge in [0.2, 0.25) is 0 Å². The quantitative estimate of drug-likeness (QED) is 0.825. The van der Waals surface area contributed by atoms with Crippen molar-refractivity contribution in [2.75, 3.05) is 41.3 Å². The van der Waals surface area contributed by atoms with Crippen LogP contribution in [0.2, 0.25) is 0 Å². The molecule has 0 bridgehead atoms. The molecule has 7 heteroatoms. The highest BCUT2D eigenvalue weighted by Crippen LogP contribution is 2.26. The SMILES string of the molecule is CC(O)C1CCN(c2cc(NC3CCN(c4cccc(F)c4)CC3)ncn2)C1. The number of aromatic nitrogens is 2. The topological polar surface area (TPSA) is 64.5 Å². The number of aliphatic hydroxyl groups is 1. The van der Waals surface area contributed by atoms with Crippen LogP contribution in [0.1, 0.15) is 26.2 Å². The number of rotatable bonds is 5. The van der Waals surface area contributed by atoms with Crippen molar-refractivity contribution in [1.82, 2.24) is 9.97 Å². The predicted octanol–water partition coefficient (Wildman–Crippen LogP) is 2.90. The number of hydrogen-bond acceptors (Lipinski definition) is 6. The Kier molecular flexibility index (Phi) is 5.62. The van der Waals surface area contributed by atoms with Crippen molar-refractivity contribution in [3.63, 3.8) is 0 Å². The Hall–Kier alpha value is -2.41. The fraction of sp³-hybridized carbons (Fsp3) is 0.524. The largest absolute Gasteiger partial charge is 0.393 e. The summed E-state index contributed by atoms with van der Waals surface area (Å²) in [5.74, 6) is 1.87. The summed E-state index contributed by atoms with van der Waals surface area (Å²) >= 11 is 0. The number of halogens is 1. The van der Waals surface area contributed by atoms with E-state index in [1.165, 1.54) is 6.07 Å². The van der Waals surface area contributed by atoms with Crippen LogP contribution >= 0.6 is 0 Å². The highest BCUT2D eigenvalue weighted by molar-refractivity contribution is 5.50. The van der Waals surface area contributed by atoms with Gasteiger partial charge in [-0.15, -0.1) is 0 Å². The Bertz CT molecular complexity index is 794. The molecule has 1 aromatic heterocycles. The third kappa shape index (κ3) is 4.35. The lowest BCUT2D eigenvalue weighted by Gasteiger charge is -2.34. The zero-order valence-electron chi connectivity index (χ0n) is 16.3. The molecule has 2 fully saturated rings. The van der Waals surface area contributed by atoms with Crippen molar-refractivity contribution in [2.24, 2.45) is 5.92 Å². The molecule has 2 aromatic rings. The first kappa shape index (κ1) is 18.9. The standard InChI is InChI=1S/C21H28FN5O/c1-15(28)16-5-8-27(13-16)21-12-20(23-14-24-21)25-18-6-9-26(10-7-18)19-4-2-3-17(22)11-19/h2-4,11-12,14-16,18,28H,5-10,13H2,1H3,(H,23,24,25). The monoisotopic (exact) mass is 385 g/mol. The Balaban J connectivity index is 1.33. The lowest BCUT2D eigenvalue weighted by molar-refractivity contribution is 0.136. The van der Waals surface area contributed by atoms with Crippen LogP contribution in [0, 0.1) is 11.7 Å². The molecule has 2 aliphatic rings. The summed E-state index contributed by atoms with van der Waals surface area (Å²) in [6, 6.07) is 9.15. The second-order valence-electron chi connectivity index (χ2n) is 7.88. The van der Waals surface area contributed by atoms with Gasteiger partial charge in [-0.1, -0.05) is 6.07 Å². The van der Waals surface area contributed by atoms with Gasteiger partial charge in [0.1, 0.15) is 23.8 Å². The van der Waals surface area contributed by atoms with Crippen molar-refractivity contribution >= 4 is 17.3 Å². The summed E-state index contributed by atoms with van der Waals surface area (Å²) in [5, 5.41) is 13.3. The molecule has 0 amide bonds. The lowest BCUT2D eigenvalue weighted by atomic mass is 10.0. The highest BCUT2D eigenvalue weighted by Gasteiger charge is 2.27. The summed E-state index contributed by atoms with van der Waals surface area (Å²) in [6.45, 7) is 5.39. The zero-order valence-corrected chi connectivity index (χ0v) is 16.3. The van der Waals surface area contributed by atoms with E-state index >= 15 is 0 Å². The van der Waals surface area contributed by atoms with Crippen LogP contribution in [0.3, 0.4) is 0 Å². The summed E-state index contributed by atoms with van der Waals surface area (Å²) in [5.41, 5.74) is 0.949. The fourth-order valence-electron chi connectivity index (χ4n) is 4.15. The second-order valence-corrected chi connectivity index (χ2v) is 7.88. The predicted molar refractivity (Wildman–Crippen MR) is 109 cm³/mol. The fourth-order valence-corrected chi connectivity index (χ4v) is 4.15. The number of nitrogens with zero attached hydrogens (tertiary/aromatic N) is 4. The zero-order chi connectivity index (χ0) is 19.5. The van der Waals surface area contributed by atoms with Crippen LogP contribution in [-0.2, 0) is 0 Å². The van der Waals surface area contributed by atoms with Gasteiger partial charge >= 0.3 is 0 Å². The molecule has 150 valence electrons. The van der Waals surface area contributed by atoms with Gasteiger partial charge in [-0.2, -0.15) is 0 Å². The molecular weight excluding hydrogens is 357 g/mol. The molecule has 6 nitrogen and oxygen atoms in total. The van der Waals surface area contributed by atoms with Crippen LogP contribution in [0.5, 0.6) is 0 Å². The molecule has 2 N–H and O–H groups in total. The van der Waals surface area contributed by atoms with Crippen molar-refractivity contribution in [1.29, 1.82) is 0 Å². The van der Waals surface area contributed by atoms with Crippen molar-refractivity contribution in [2.45, 2.75) is 38.3 Å². The Morgan fingerprint density at radius 3 is 2.61 bits per heavy atom. The van der Waals surface area contributed by atoms with Crippen molar-refractivity contribution in [3.05, 3.63) is 42.5 Å². The van der Waals surface area contributed by atoms with E-state index < -0.39 is 0 Å². The molecule has 2 saturated heterocycles. The third-order valence-electron chi connectivity index (χ3n) is 5.90. The average molecular weight is 385 g/mol. The molecule has 0 spiro atoms. The van der Waals surface area contributed by atoms with E-state index in [9.17, 15) is 9.50 Å². The van der Waals surface area contributed by atoms with E-state index in [0.29, 0.717) is 12.0 Å². The number of anilines is 3. The van der Waals surface area contributed by atoms with Gasteiger partial charge in [-0.3, -0.25) is 0 Å². The number of aliphatic hydroxyl groups excluding tert-OH is 1. The minimum absolute atomic E-state index is 0.189. The third-order valence-corrected chi connectivity index (χ3v) is 5.90. The van der Waals surface area contributed by atoms with Gasteiger partial charge in [0, 0.05) is 49.9 Å². The van der Waals surface area contributed by atoms with Gasteiger partial charge in [0.05, 0.1) is 6.10 Å². The minimum Gasteiger partial charge on any atom is -0.393 e. The van der Waals surface area contributed by atoms with Crippen LogP contribution in [0.25, 0.3) is 0 Å². The Morgan fingerprint density at radius 1 is 1.11 bits per heavy atom. The smallest absolute Gasteiger partial charge is 0.134 e. The van der Waals surface area contributed by atoms with Gasteiger partial charge in [-0.05, 0) is 44.4 Å². The maximum Gasteiger partial charge on any atom is 0.134 e. The van der Waals surface area contributed by atoms with E-state index in [1.54, 1.807) is 18.5 Å². The van der Waals surface area contributed by atoms with Gasteiger partial charge < -0.3 is 20.2 Å². The molecule has 1 aromatic carbocycles. The number of hydrogen-bond donors (Lipinski definition) is 2. The second kappa shape index (κ2) is 8.31. The van der Waals surface area contributed by atoms with E-state index in [0.717, 1.165) is 62.8 Å². The molecule has 0 aliphatic carbocycles. The van der Waals surface area contributed by atoms with E-state index in [-0.39, 0.29) is 11.9 Å². The lowest BCUT2D eigenvalue weighted by Crippen LogP contribution is -2.39. The van der Waals surface area contributed by atoms with E-state index in [2.05, 4.69) is 25.1 Å². The van der Waals surface area contributed by atoms with Crippen LogP contribution < -0.4 is 15.1 Å². The number of nitrogens with one attached hydrogen (secondary N) is 1. The van der Waals surface area contributed by atoms with E-state index in [4.69, 9.17) is 0 Å². The minimum atomic E-state index is -0.285. The first-order valence-electron chi connectivity index (χ1n) is 10.1. The summed E-state index contributed by atoms with van der Waals surface area (Å²) < 4.78 is 13.4. The molecule has 3 heterocycles. The normalized spacial score (nSPS) is 21.8. The summed E-state index contributed by atoms with van der Waals surface area (Å²) in [4.78, 5) is 13.3. The molecule has 2 atom stereocenters. The molecule has 2 aliphatic heterocycles. The van der Waals surface area contributed by atoms with Crippen molar-refractivity contribution < 1.29 is 9.50 Å². The molecule has 2 unspecified atom stereocenters. The van der Waals surface area contributed by atoms with Gasteiger partial charge in [-0.25, -0.2) is 14.4 Å². The Labute approximate surface area is 165 Å². The summed E-state index contributed by atoms with van der Waals surface area (Å²) in [6.07, 6.45) is 4.26.